The Morgan fingerprint density at radius 1 is 1.47 bits per heavy atom. The number of thioether (sulfide) groups is 1. The summed E-state index contributed by atoms with van der Waals surface area (Å²) in [5.74, 6) is 0.953. The van der Waals surface area contributed by atoms with Gasteiger partial charge in [0.15, 0.2) is 0 Å². The number of rotatable bonds is 7. The van der Waals surface area contributed by atoms with Crippen LogP contribution in [0.2, 0.25) is 0 Å². The Hall–Kier alpha value is 0.0700. The van der Waals surface area contributed by atoms with Crippen LogP contribution in [0.4, 0.5) is 0 Å². The molecule has 2 atom stereocenters. The second-order valence-corrected chi connectivity index (χ2v) is 4.37. The molecule has 15 heavy (non-hydrogen) atoms. The third-order valence-electron chi connectivity index (χ3n) is 2.14. The first kappa shape index (κ1) is 17.5. The van der Waals surface area contributed by atoms with E-state index in [9.17, 15) is 4.79 Å². The van der Waals surface area contributed by atoms with Crippen molar-refractivity contribution in [3.63, 3.8) is 0 Å². The van der Waals surface area contributed by atoms with Crippen LogP contribution in [0, 0.1) is 0 Å². The van der Waals surface area contributed by atoms with Crippen molar-refractivity contribution in [2.24, 2.45) is 5.73 Å². The highest BCUT2D eigenvalue weighted by Gasteiger charge is 2.15. The number of halogens is 1. The van der Waals surface area contributed by atoms with Crippen LogP contribution in [0.1, 0.15) is 33.1 Å². The Balaban J connectivity index is 0. The first-order valence-electron chi connectivity index (χ1n) is 5.20. The van der Waals surface area contributed by atoms with Gasteiger partial charge in [0.05, 0.1) is 6.04 Å². The van der Waals surface area contributed by atoms with Gasteiger partial charge in [-0.2, -0.15) is 11.8 Å². The summed E-state index contributed by atoms with van der Waals surface area (Å²) >= 11 is 1.75. The molecule has 0 saturated carbocycles. The van der Waals surface area contributed by atoms with Crippen molar-refractivity contribution in [3.8, 4) is 0 Å². The van der Waals surface area contributed by atoms with E-state index in [2.05, 4.69) is 12.2 Å². The number of hydrogen-bond donors (Lipinski definition) is 2. The zero-order valence-electron chi connectivity index (χ0n) is 9.79. The molecule has 0 heterocycles. The van der Waals surface area contributed by atoms with Crippen molar-refractivity contribution < 1.29 is 4.79 Å². The Labute approximate surface area is 103 Å². The Morgan fingerprint density at radius 3 is 2.47 bits per heavy atom. The Bertz CT molecular complexity index is 170. The molecule has 0 aromatic rings. The molecule has 2 unspecified atom stereocenters. The standard InChI is InChI=1S/C10H22N2OS.ClH/c1-4-6-9(11)10(13)12-8(5-2)7-14-3;/h8-9H,4-7,11H2,1-3H3,(H,12,13);1H. The summed E-state index contributed by atoms with van der Waals surface area (Å²) in [6.07, 6.45) is 4.72. The van der Waals surface area contributed by atoms with Gasteiger partial charge in [-0.1, -0.05) is 20.3 Å². The van der Waals surface area contributed by atoms with E-state index in [1.807, 2.05) is 13.2 Å². The second kappa shape index (κ2) is 10.6. The third-order valence-corrected chi connectivity index (χ3v) is 2.88. The molecule has 0 aliphatic rings. The summed E-state index contributed by atoms with van der Waals surface area (Å²) in [4.78, 5) is 11.5. The molecule has 0 radical (unpaired) electrons. The zero-order chi connectivity index (χ0) is 11.0. The number of carbonyl (C=O) groups is 1. The van der Waals surface area contributed by atoms with Gasteiger partial charge in [0.2, 0.25) is 5.91 Å². The fourth-order valence-electron chi connectivity index (χ4n) is 1.21. The number of carbonyl (C=O) groups excluding carboxylic acids is 1. The van der Waals surface area contributed by atoms with Crippen LogP contribution in [-0.4, -0.2) is 30.0 Å². The molecule has 0 bridgehead atoms. The number of nitrogens with one attached hydrogen (secondary N) is 1. The quantitative estimate of drug-likeness (QED) is 0.729. The number of nitrogens with two attached hydrogens (primary N) is 1. The van der Waals surface area contributed by atoms with Crippen molar-refractivity contribution in [1.82, 2.24) is 5.32 Å². The van der Waals surface area contributed by atoms with Gasteiger partial charge in [-0.25, -0.2) is 0 Å². The SMILES string of the molecule is CCCC(N)C(=O)NC(CC)CSC.Cl. The smallest absolute Gasteiger partial charge is 0.237 e. The lowest BCUT2D eigenvalue weighted by molar-refractivity contribution is -0.123. The van der Waals surface area contributed by atoms with Crippen LogP contribution in [0.5, 0.6) is 0 Å². The Kier molecular flexibility index (Phi) is 12.3. The van der Waals surface area contributed by atoms with E-state index in [-0.39, 0.29) is 30.4 Å². The molecule has 0 fully saturated rings. The van der Waals surface area contributed by atoms with E-state index < -0.39 is 0 Å². The molecule has 1 amide bonds. The number of amides is 1. The van der Waals surface area contributed by atoms with E-state index in [0.29, 0.717) is 0 Å². The molecule has 0 spiro atoms. The van der Waals surface area contributed by atoms with Crippen molar-refractivity contribution in [2.75, 3.05) is 12.0 Å². The van der Waals surface area contributed by atoms with Gasteiger partial charge < -0.3 is 11.1 Å². The van der Waals surface area contributed by atoms with Gasteiger partial charge >= 0.3 is 0 Å². The van der Waals surface area contributed by atoms with Crippen LogP contribution in [-0.2, 0) is 4.79 Å². The maximum absolute atomic E-state index is 11.5. The van der Waals surface area contributed by atoms with Crippen LogP contribution >= 0.6 is 24.2 Å². The molecule has 0 aromatic carbocycles. The van der Waals surface area contributed by atoms with Crippen molar-refractivity contribution in [1.29, 1.82) is 0 Å². The summed E-state index contributed by atoms with van der Waals surface area (Å²) in [6.45, 7) is 4.11. The Morgan fingerprint density at radius 2 is 2.07 bits per heavy atom. The largest absolute Gasteiger partial charge is 0.351 e. The molecule has 0 aromatic heterocycles. The maximum atomic E-state index is 11.5. The topological polar surface area (TPSA) is 55.1 Å². The molecule has 0 aliphatic heterocycles. The van der Waals surface area contributed by atoms with Crippen molar-refractivity contribution in [3.05, 3.63) is 0 Å². The lowest BCUT2D eigenvalue weighted by Gasteiger charge is -2.18. The van der Waals surface area contributed by atoms with Crippen molar-refractivity contribution in [2.45, 2.75) is 45.2 Å². The fraction of sp³-hybridized carbons (Fsp3) is 0.900. The van der Waals surface area contributed by atoms with Crippen LogP contribution in [0.15, 0.2) is 0 Å². The number of hydrogen-bond acceptors (Lipinski definition) is 3. The molecule has 3 nitrogen and oxygen atoms in total. The molecule has 0 aliphatic carbocycles. The minimum Gasteiger partial charge on any atom is -0.351 e. The molecular formula is C10H23ClN2OS. The highest BCUT2D eigenvalue weighted by molar-refractivity contribution is 7.98. The molecule has 3 N–H and O–H groups in total. The summed E-state index contributed by atoms with van der Waals surface area (Å²) in [7, 11) is 0. The minimum absolute atomic E-state index is 0. The minimum atomic E-state index is -0.337. The summed E-state index contributed by atoms with van der Waals surface area (Å²) in [5.41, 5.74) is 5.71. The van der Waals surface area contributed by atoms with E-state index >= 15 is 0 Å². The predicted molar refractivity (Wildman–Crippen MR) is 70.7 cm³/mol. The van der Waals surface area contributed by atoms with Crippen molar-refractivity contribution >= 4 is 30.1 Å². The third kappa shape index (κ3) is 7.94. The average molecular weight is 255 g/mol. The predicted octanol–water partition coefficient (Wildman–Crippen LogP) is 1.79. The van der Waals surface area contributed by atoms with Gasteiger partial charge in [-0.3, -0.25) is 4.79 Å². The highest BCUT2D eigenvalue weighted by Crippen LogP contribution is 2.02. The highest BCUT2D eigenvalue weighted by atomic mass is 35.5. The maximum Gasteiger partial charge on any atom is 0.237 e. The average Bonchev–Trinajstić information content (AvgIpc) is 2.17. The van der Waals surface area contributed by atoms with E-state index in [4.69, 9.17) is 5.73 Å². The lowest BCUT2D eigenvalue weighted by Crippen LogP contribution is -2.46. The van der Waals surface area contributed by atoms with E-state index in [0.717, 1.165) is 25.0 Å². The fourth-order valence-corrected chi connectivity index (χ4v) is 1.93. The van der Waals surface area contributed by atoms with E-state index in [1.165, 1.54) is 0 Å². The van der Waals surface area contributed by atoms with E-state index in [1.54, 1.807) is 11.8 Å². The van der Waals surface area contributed by atoms with Crippen LogP contribution < -0.4 is 11.1 Å². The summed E-state index contributed by atoms with van der Waals surface area (Å²) in [6, 6.07) is -0.0729. The lowest BCUT2D eigenvalue weighted by atomic mass is 10.1. The molecular weight excluding hydrogens is 232 g/mol. The summed E-state index contributed by atoms with van der Waals surface area (Å²) in [5, 5.41) is 2.97. The zero-order valence-corrected chi connectivity index (χ0v) is 11.4. The normalized spacial score (nSPS) is 13.9. The van der Waals surface area contributed by atoms with Crippen LogP contribution in [0.3, 0.4) is 0 Å². The second-order valence-electron chi connectivity index (χ2n) is 3.46. The first-order chi connectivity index (χ1) is 6.65. The van der Waals surface area contributed by atoms with Gasteiger partial charge in [-0.05, 0) is 19.1 Å². The van der Waals surface area contributed by atoms with Gasteiger partial charge in [0.25, 0.3) is 0 Å². The molecule has 0 rings (SSSR count). The summed E-state index contributed by atoms with van der Waals surface area (Å²) < 4.78 is 0. The first-order valence-corrected chi connectivity index (χ1v) is 6.59. The molecule has 92 valence electrons. The van der Waals surface area contributed by atoms with Crippen LogP contribution in [0.25, 0.3) is 0 Å². The molecule has 5 heteroatoms. The molecule has 0 saturated heterocycles. The van der Waals surface area contributed by atoms with Gasteiger partial charge in [0, 0.05) is 11.8 Å². The van der Waals surface area contributed by atoms with Gasteiger partial charge in [-0.15, -0.1) is 12.4 Å². The van der Waals surface area contributed by atoms with Gasteiger partial charge in [0.1, 0.15) is 0 Å². The monoisotopic (exact) mass is 254 g/mol.